The van der Waals surface area contributed by atoms with E-state index in [0.717, 1.165) is 31.6 Å². The van der Waals surface area contributed by atoms with E-state index in [1.54, 1.807) is 0 Å². The van der Waals surface area contributed by atoms with Gasteiger partial charge in [-0.25, -0.2) is 4.98 Å². The number of oxazole rings is 1. The average Bonchev–Trinajstić information content (AvgIpc) is 3.03. The second kappa shape index (κ2) is 7.97. The fourth-order valence-corrected chi connectivity index (χ4v) is 4.21. The lowest BCUT2D eigenvalue weighted by atomic mass is 10.0. The minimum Gasteiger partial charge on any atom is -0.507 e. The molecule has 148 valence electrons. The zero-order valence-electron chi connectivity index (χ0n) is 16.2. The Balaban J connectivity index is 1.57. The molecule has 0 bridgehead atoms. The first-order valence-electron chi connectivity index (χ1n) is 9.79. The van der Waals surface area contributed by atoms with Gasteiger partial charge >= 0.3 is 0 Å². The van der Waals surface area contributed by atoms with Crippen molar-refractivity contribution in [1.82, 2.24) is 14.9 Å². The Hall–Kier alpha value is -2.31. The number of benzene rings is 1. The number of piperidine rings is 1. The van der Waals surface area contributed by atoms with Crippen molar-refractivity contribution in [3.05, 3.63) is 34.9 Å². The fraction of sp³-hybridized carbons (Fsp3) is 0.429. The number of aromatic hydroxyl groups is 1. The molecule has 2 aromatic heterocycles. The van der Waals surface area contributed by atoms with Gasteiger partial charge in [0.05, 0.1) is 5.69 Å². The molecule has 1 aliphatic rings. The molecule has 28 heavy (non-hydrogen) atoms. The summed E-state index contributed by atoms with van der Waals surface area (Å²) in [6.45, 7) is 7.40. The largest absolute Gasteiger partial charge is 0.507 e. The van der Waals surface area contributed by atoms with Crippen LogP contribution >= 0.6 is 11.6 Å². The molecular weight excluding hydrogens is 376 g/mol. The van der Waals surface area contributed by atoms with E-state index in [2.05, 4.69) is 27.1 Å². The summed E-state index contributed by atoms with van der Waals surface area (Å²) in [5, 5.41) is 14.2. The molecule has 3 heterocycles. The Morgan fingerprint density at radius 3 is 2.96 bits per heavy atom. The Morgan fingerprint density at radius 1 is 1.32 bits per heavy atom. The SMILES string of the molecule is CCCN1CCCC(Nc2nc3nc(-c4c(C)cc(Cl)cc4O)ccc3o2)C1. The number of aromatic nitrogens is 2. The van der Waals surface area contributed by atoms with Gasteiger partial charge in [0.2, 0.25) is 5.65 Å². The molecule has 2 N–H and O–H groups in total. The molecule has 7 heteroatoms. The Bertz CT molecular complexity index is 963. The van der Waals surface area contributed by atoms with Crippen LogP contribution in [0.25, 0.3) is 22.5 Å². The minimum atomic E-state index is 0.108. The van der Waals surface area contributed by atoms with Crippen molar-refractivity contribution in [3.63, 3.8) is 0 Å². The molecular formula is C21H25ClN4O2. The third kappa shape index (κ3) is 3.93. The van der Waals surface area contributed by atoms with Crippen LogP contribution in [0.2, 0.25) is 5.02 Å². The van der Waals surface area contributed by atoms with Crippen LogP contribution in [0.15, 0.2) is 28.7 Å². The van der Waals surface area contributed by atoms with Gasteiger partial charge in [0.25, 0.3) is 6.01 Å². The van der Waals surface area contributed by atoms with Crippen LogP contribution in [0.1, 0.15) is 31.7 Å². The van der Waals surface area contributed by atoms with Crippen molar-refractivity contribution in [3.8, 4) is 17.0 Å². The highest BCUT2D eigenvalue weighted by Crippen LogP contribution is 2.35. The molecule has 1 saturated heterocycles. The second-order valence-electron chi connectivity index (χ2n) is 7.44. The quantitative estimate of drug-likeness (QED) is 0.638. The Morgan fingerprint density at radius 2 is 2.18 bits per heavy atom. The first kappa shape index (κ1) is 19.0. The van der Waals surface area contributed by atoms with E-state index in [-0.39, 0.29) is 5.75 Å². The summed E-state index contributed by atoms with van der Waals surface area (Å²) in [6, 6.07) is 7.83. The van der Waals surface area contributed by atoms with E-state index in [1.165, 1.54) is 18.9 Å². The zero-order chi connectivity index (χ0) is 19.7. The van der Waals surface area contributed by atoms with Crippen LogP contribution in [0.4, 0.5) is 6.01 Å². The summed E-state index contributed by atoms with van der Waals surface area (Å²) in [5.74, 6) is 0.108. The van der Waals surface area contributed by atoms with Crippen molar-refractivity contribution < 1.29 is 9.52 Å². The van der Waals surface area contributed by atoms with Gasteiger partial charge in [0.15, 0.2) is 5.58 Å². The van der Waals surface area contributed by atoms with Crippen molar-refractivity contribution in [1.29, 1.82) is 0 Å². The van der Waals surface area contributed by atoms with E-state index >= 15 is 0 Å². The number of nitrogens with zero attached hydrogens (tertiary/aromatic N) is 3. The topological polar surface area (TPSA) is 74.4 Å². The maximum Gasteiger partial charge on any atom is 0.297 e. The second-order valence-corrected chi connectivity index (χ2v) is 7.87. The monoisotopic (exact) mass is 400 g/mol. The number of rotatable bonds is 5. The highest BCUT2D eigenvalue weighted by molar-refractivity contribution is 6.31. The number of halogens is 1. The van der Waals surface area contributed by atoms with Crippen LogP contribution < -0.4 is 5.32 Å². The third-order valence-electron chi connectivity index (χ3n) is 5.16. The average molecular weight is 401 g/mol. The standard InChI is InChI=1S/C21H25ClN4O2/c1-3-8-26-9-4-5-15(12-26)23-21-25-20-18(28-21)7-6-16(24-20)19-13(2)10-14(22)11-17(19)27/h6-7,10-11,15,27H,3-5,8-9,12H2,1-2H3,(H,23,24,25). The first-order valence-corrected chi connectivity index (χ1v) is 10.2. The van der Waals surface area contributed by atoms with Gasteiger partial charge in [-0.05, 0) is 69.1 Å². The van der Waals surface area contributed by atoms with E-state index in [9.17, 15) is 5.11 Å². The lowest BCUT2D eigenvalue weighted by molar-refractivity contribution is 0.215. The van der Waals surface area contributed by atoms with E-state index in [1.807, 2.05) is 25.1 Å². The summed E-state index contributed by atoms with van der Waals surface area (Å²) in [6.07, 6.45) is 3.45. The van der Waals surface area contributed by atoms with E-state index in [4.69, 9.17) is 16.0 Å². The summed E-state index contributed by atoms with van der Waals surface area (Å²) < 4.78 is 5.85. The highest BCUT2D eigenvalue weighted by Gasteiger charge is 2.21. The first-order chi connectivity index (χ1) is 13.5. The number of phenols is 1. The molecule has 3 aromatic rings. The maximum atomic E-state index is 10.3. The molecule has 1 aromatic carbocycles. The van der Waals surface area contributed by atoms with Crippen LogP contribution in [-0.4, -0.2) is 45.7 Å². The maximum absolute atomic E-state index is 10.3. The lowest BCUT2D eigenvalue weighted by Gasteiger charge is -2.32. The number of anilines is 1. The van der Waals surface area contributed by atoms with E-state index < -0.39 is 0 Å². The van der Waals surface area contributed by atoms with Gasteiger partial charge in [-0.3, -0.25) is 0 Å². The van der Waals surface area contributed by atoms with Crippen molar-refractivity contribution in [2.75, 3.05) is 25.0 Å². The smallest absolute Gasteiger partial charge is 0.297 e. The third-order valence-corrected chi connectivity index (χ3v) is 5.38. The summed E-state index contributed by atoms with van der Waals surface area (Å²) in [7, 11) is 0. The molecule has 0 aliphatic carbocycles. The van der Waals surface area contributed by atoms with Gasteiger partial charge in [-0.15, -0.1) is 0 Å². The van der Waals surface area contributed by atoms with Crippen LogP contribution in [0.3, 0.4) is 0 Å². The number of hydrogen-bond donors (Lipinski definition) is 2. The van der Waals surface area contributed by atoms with Crippen LogP contribution in [0.5, 0.6) is 5.75 Å². The summed E-state index contributed by atoms with van der Waals surface area (Å²) >= 11 is 6.01. The molecule has 0 saturated carbocycles. The summed E-state index contributed by atoms with van der Waals surface area (Å²) in [4.78, 5) is 11.6. The molecule has 1 unspecified atom stereocenters. The van der Waals surface area contributed by atoms with Gasteiger partial charge < -0.3 is 19.7 Å². The minimum absolute atomic E-state index is 0.108. The Labute approximate surface area is 169 Å². The number of nitrogens with one attached hydrogen (secondary N) is 1. The van der Waals surface area contributed by atoms with Gasteiger partial charge in [0, 0.05) is 23.2 Å². The molecule has 4 rings (SSSR count). The van der Waals surface area contributed by atoms with Crippen molar-refractivity contribution >= 4 is 28.8 Å². The summed E-state index contributed by atoms with van der Waals surface area (Å²) in [5.41, 5.74) is 3.31. The van der Waals surface area contributed by atoms with Crippen molar-refractivity contribution in [2.45, 2.75) is 39.2 Å². The molecule has 1 atom stereocenters. The lowest BCUT2D eigenvalue weighted by Crippen LogP contribution is -2.42. The molecule has 1 aliphatic heterocycles. The molecule has 0 radical (unpaired) electrons. The van der Waals surface area contributed by atoms with Gasteiger partial charge in [0.1, 0.15) is 5.75 Å². The van der Waals surface area contributed by atoms with Gasteiger partial charge in [-0.1, -0.05) is 18.5 Å². The predicted molar refractivity (Wildman–Crippen MR) is 112 cm³/mol. The number of hydrogen-bond acceptors (Lipinski definition) is 6. The number of phenolic OH excluding ortho intramolecular Hbond substituents is 1. The van der Waals surface area contributed by atoms with Crippen LogP contribution in [0, 0.1) is 6.92 Å². The predicted octanol–water partition coefficient (Wildman–Crippen LogP) is 4.84. The zero-order valence-corrected chi connectivity index (χ0v) is 17.0. The van der Waals surface area contributed by atoms with Crippen LogP contribution in [-0.2, 0) is 0 Å². The van der Waals surface area contributed by atoms with E-state index in [0.29, 0.717) is 39.6 Å². The molecule has 0 amide bonds. The number of fused-ring (bicyclic) bond motifs is 1. The fourth-order valence-electron chi connectivity index (χ4n) is 3.95. The highest BCUT2D eigenvalue weighted by atomic mass is 35.5. The molecule has 0 spiro atoms. The molecule has 6 nitrogen and oxygen atoms in total. The number of likely N-dealkylation sites (tertiary alicyclic amines) is 1. The number of aryl methyl sites for hydroxylation is 1. The van der Waals surface area contributed by atoms with Crippen molar-refractivity contribution in [2.24, 2.45) is 0 Å². The number of pyridine rings is 1. The Kier molecular flexibility index (Phi) is 5.42. The van der Waals surface area contributed by atoms with Gasteiger partial charge in [-0.2, -0.15) is 4.98 Å². The molecule has 1 fully saturated rings. The normalized spacial score (nSPS) is 17.9.